The summed E-state index contributed by atoms with van der Waals surface area (Å²) in [5.41, 5.74) is -0.242. The number of aromatic carboxylic acids is 1. The second-order valence-corrected chi connectivity index (χ2v) is 4.40. The Bertz CT molecular complexity index is 586. The van der Waals surface area contributed by atoms with E-state index in [0.29, 0.717) is 0 Å². The Morgan fingerprint density at radius 2 is 2.15 bits per heavy atom. The molecule has 106 valence electrons. The van der Waals surface area contributed by atoms with Crippen molar-refractivity contribution in [3.63, 3.8) is 0 Å². The van der Waals surface area contributed by atoms with Crippen LogP contribution < -0.4 is 4.90 Å². The number of nitrogens with zero attached hydrogens (tertiary/aromatic N) is 1. The Morgan fingerprint density at radius 1 is 1.45 bits per heavy atom. The lowest BCUT2D eigenvalue weighted by molar-refractivity contribution is -0.145. The fourth-order valence-corrected chi connectivity index (χ4v) is 2.12. The number of carbonyl (C=O) groups is 3. The van der Waals surface area contributed by atoms with Crippen LogP contribution in [0.25, 0.3) is 0 Å². The number of ether oxygens (including phenoxy) is 1. The van der Waals surface area contributed by atoms with Crippen LogP contribution in [-0.4, -0.2) is 36.6 Å². The van der Waals surface area contributed by atoms with E-state index in [2.05, 4.69) is 4.74 Å². The first kappa shape index (κ1) is 14.0. The molecule has 1 heterocycles. The van der Waals surface area contributed by atoms with Gasteiger partial charge in [-0.05, 0) is 18.2 Å². The summed E-state index contributed by atoms with van der Waals surface area (Å²) in [5, 5.41) is 8.76. The number of hydrogen-bond acceptors (Lipinski definition) is 4. The number of carboxylic acid groups (broad SMARTS) is 1. The number of hydrogen-bond donors (Lipinski definition) is 1. The average Bonchev–Trinajstić information content (AvgIpc) is 2.79. The van der Waals surface area contributed by atoms with Crippen molar-refractivity contribution in [2.24, 2.45) is 5.92 Å². The molecule has 1 fully saturated rings. The minimum atomic E-state index is -1.25. The highest BCUT2D eigenvalue weighted by Crippen LogP contribution is 2.28. The van der Waals surface area contributed by atoms with E-state index in [1.807, 2.05) is 0 Å². The van der Waals surface area contributed by atoms with Crippen molar-refractivity contribution in [3.8, 4) is 0 Å². The molecule has 1 atom stereocenters. The smallest absolute Gasteiger partial charge is 0.335 e. The highest BCUT2D eigenvalue weighted by Gasteiger charge is 2.36. The minimum Gasteiger partial charge on any atom is -0.478 e. The molecule has 0 spiro atoms. The van der Waals surface area contributed by atoms with Gasteiger partial charge in [0, 0.05) is 13.0 Å². The standard InChI is InChI=1S/C13H12FNO5/c1-20-13(19)8-5-11(16)15(6-8)10-3-2-7(12(17)18)4-9(10)14/h2-4,8H,5-6H2,1H3,(H,17,18). The van der Waals surface area contributed by atoms with E-state index in [1.54, 1.807) is 0 Å². The monoisotopic (exact) mass is 281 g/mol. The Kier molecular flexibility index (Phi) is 3.69. The number of anilines is 1. The summed E-state index contributed by atoms with van der Waals surface area (Å²) in [5.74, 6) is -3.63. The van der Waals surface area contributed by atoms with E-state index in [1.165, 1.54) is 19.2 Å². The number of amides is 1. The van der Waals surface area contributed by atoms with E-state index in [4.69, 9.17) is 5.11 Å². The summed E-state index contributed by atoms with van der Waals surface area (Å²) in [6, 6.07) is 3.27. The summed E-state index contributed by atoms with van der Waals surface area (Å²) in [7, 11) is 1.22. The number of methoxy groups -OCH3 is 1. The minimum absolute atomic E-state index is 0.0227. The number of rotatable bonds is 3. The topological polar surface area (TPSA) is 83.9 Å². The van der Waals surface area contributed by atoms with E-state index in [9.17, 15) is 18.8 Å². The molecule has 1 amide bonds. The van der Waals surface area contributed by atoms with Crippen molar-refractivity contribution in [1.29, 1.82) is 0 Å². The van der Waals surface area contributed by atoms with Crippen LogP contribution in [0.4, 0.5) is 10.1 Å². The highest BCUT2D eigenvalue weighted by atomic mass is 19.1. The second-order valence-electron chi connectivity index (χ2n) is 4.40. The predicted octanol–water partition coefficient (Wildman–Crippen LogP) is 1.05. The molecule has 1 aromatic rings. The van der Waals surface area contributed by atoms with E-state index in [-0.39, 0.29) is 24.2 Å². The maximum absolute atomic E-state index is 13.9. The van der Waals surface area contributed by atoms with Crippen LogP contribution in [0.3, 0.4) is 0 Å². The van der Waals surface area contributed by atoms with Crippen LogP contribution in [0, 0.1) is 11.7 Å². The fourth-order valence-electron chi connectivity index (χ4n) is 2.12. The molecule has 1 saturated heterocycles. The zero-order valence-electron chi connectivity index (χ0n) is 10.6. The van der Waals surface area contributed by atoms with Crippen molar-refractivity contribution >= 4 is 23.5 Å². The molecule has 0 saturated carbocycles. The van der Waals surface area contributed by atoms with Gasteiger partial charge < -0.3 is 14.7 Å². The van der Waals surface area contributed by atoms with Gasteiger partial charge in [-0.1, -0.05) is 0 Å². The van der Waals surface area contributed by atoms with Crippen molar-refractivity contribution < 1.29 is 28.6 Å². The first-order valence-corrected chi connectivity index (χ1v) is 5.85. The van der Waals surface area contributed by atoms with Gasteiger partial charge in [0.1, 0.15) is 5.82 Å². The summed E-state index contributed by atoms with van der Waals surface area (Å²) < 4.78 is 18.4. The molecular formula is C13H12FNO5. The van der Waals surface area contributed by atoms with Crippen LogP contribution in [0.15, 0.2) is 18.2 Å². The number of carbonyl (C=O) groups excluding carboxylic acids is 2. The lowest BCUT2D eigenvalue weighted by Gasteiger charge is -2.17. The van der Waals surface area contributed by atoms with Crippen LogP contribution in [0.5, 0.6) is 0 Å². The second kappa shape index (κ2) is 5.28. The van der Waals surface area contributed by atoms with Crippen LogP contribution in [-0.2, 0) is 14.3 Å². The molecule has 0 radical (unpaired) electrons. The van der Waals surface area contributed by atoms with E-state index >= 15 is 0 Å². The third-order valence-electron chi connectivity index (χ3n) is 3.14. The number of carboxylic acids is 1. The first-order chi connectivity index (χ1) is 9.43. The molecule has 1 aliphatic heterocycles. The summed E-state index contributed by atoms with van der Waals surface area (Å²) >= 11 is 0. The van der Waals surface area contributed by atoms with E-state index in [0.717, 1.165) is 11.0 Å². The predicted molar refractivity (Wildman–Crippen MR) is 65.8 cm³/mol. The summed E-state index contributed by atoms with van der Waals surface area (Å²) in [6.45, 7) is 0.0227. The maximum atomic E-state index is 13.9. The zero-order chi connectivity index (χ0) is 14.9. The molecule has 1 aromatic carbocycles. The van der Waals surface area contributed by atoms with Gasteiger partial charge in [0.25, 0.3) is 0 Å². The molecule has 7 heteroatoms. The van der Waals surface area contributed by atoms with Crippen molar-refractivity contribution in [2.75, 3.05) is 18.6 Å². The number of halogens is 1. The Balaban J connectivity index is 2.26. The largest absolute Gasteiger partial charge is 0.478 e. The van der Waals surface area contributed by atoms with Gasteiger partial charge in [0.15, 0.2) is 0 Å². The number of benzene rings is 1. The van der Waals surface area contributed by atoms with E-state index < -0.39 is 29.6 Å². The fraction of sp³-hybridized carbons (Fsp3) is 0.308. The molecule has 2 rings (SSSR count). The zero-order valence-corrected chi connectivity index (χ0v) is 10.6. The van der Waals surface area contributed by atoms with Crippen molar-refractivity contribution in [2.45, 2.75) is 6.42 Å². The van der Waals surface area contributed by atoms with Gasteiger partial charge >= 0.3 is 11.9 Å². The Labute approximate surface area is 113 Å². The summed E-state index contributed by atoms with van der Waals surface area (Å²) in [6.07, 6.45) is -0.0488. The van der Waals surface area contributed by atoms with Gasteiger partial charge in [0.05, 0.1) is 24.3 Å². The SMILES string of the molecule is COC(=O)C1CC(=O)N(c2ccc(C(=O)O)cc2F)C1. The lowest BCUT2D eigenvalue weighted by atomic mass is 10.1. The molecule has 20 heavy (non-hydrogen) atoms. The summed E-state index contributed by atoms with van der Waals surface area (Å²) in [4.78, 5) is 35.1. The van der Waals surface area contributed by atoms with Crippen LogP contribution >= 0.6 is 0 Å². The van der Waals surface area contributed by atoms with Gasteiger partial charge in [-0.3, -0.25) is 9.59 Å². The van der Waals surface area contributed by atoms with Gasteiger partial charge in [-0.15, -0.1) is 0 Å². The highest BCUT2D eigenvalue weighted by molar-refractivity contribution is 6.00. The van der Waals surface area contributed by atoms with Crippen LogP contribution in [0.1, 0.15) is 16.8 Å². The normalized spacial score (nSPS) is 18.2. The van der Waals surface area contributed by atoms with Gasteiger partial charge in [-0.25, -0.2) is 9.18 Å². The lowest BCUT2D eigenvalue weighted by Crippen LogP contribution is -2.27. The third kappa shape index (κ3) is 2.47. The molecule has 1 aliphatic rings. The third-order valence-corrected chi connectivity index (χ3v) is 3.14. The molecular weight excluding hydrogens is 269 g/mol. The Hall–Kier alpha value is -2.44. The van der Waals surface area contributed by atoms with Gasteiger partial charge in [-0.2, -0.15) is 0 Å². The average molecular weight is 281 g/mol. The Morgan fingerprint density at radius 3 is 2.70 bits per heavy atom. The van der Waals surface area contributed by atoms with Crippen molar-refractivity contribution in [1.82, 2.24) is 0 Å². The first-order valence-electron chi connectivity index (χ1n) is 5.85. The molecule has 0 bridgehead atoms. The molecule has 0 aliphatic carbocycles. The van der Waals surface area contributed by atoms with Crippen LogP contribution in [0.2, 0.25) is 0 Å². The maximum Gasteiger partial charge on any atom is 0.335 e. The van der Waals surface area contributed by atoms with Crippen molar-refractivity contribution in [3.05, 3.63) is 29.6 Å². The number of esters is 1. The molecule has 1 N–H and O–H groups in total. The molecule has 0 aromatic heterocycles. The van der Waals surface area contributed by atoms with Gasteiger partial charge in [0.2, 0.25) is 5.91 Å². The molecule has 6 nitrogen and oxygen atoms in total. The quantitative estimate of drug-likeness (QED) is 0.837. The molecule has 1 unspecified atom stereocenters.